The van der Waals surface area contributed by atoms with E-state index in [1.165, 1.54) is 10.6 Å². The van der Waals surface area contributed by atoms with Gasteiger partial charge < -0.3 is 14.6 Å². The van der Waals surface area contributed by atoms with Crippen LogP contribution in [0.3, 0.4) is 0 Å². The molecule has 31 heavy (non-hydrogen) atoms. The van der Waals surface area contributed by atoms with E-state index in [4.69, 9.17) is 9.72 Å². The molecular formula is C20H18F3N7O. The number of aromatic nitrogens is 6. The van der Waals surface area contributed by atoms with Crippen molar-refractivity contribution >= 4 is 11.5 Å². The second-order valence-electron chi connectivity index (χ2n) is 7.37. The zero-order valence-corrected chi connectivity index (χ0v) is 16.4. The molecule has 1 fully saturated rings. The summed E-state index contributed by atoms with van der Waals surface area (Å²) in [6, 6.07) is 5.45. The first-order valence-corrected chi connectivity index (χ1v) is 9.65. The van der Waals surface area contributed by atoms with E-state index in [2.05, 4.69) is 24.8 Å². The van der Waals surface area contributed by atoms with Crippen molar-refractivity contribution in [3.8, 4) is 11.4 Å². The van der Waals surface area contributed by atoms with Gasteiger partial charge in [0, 0.05) is 12.7 Å². The Bertz CT molecular complexity index is 1210. The summed E-state index contributed by atoms with van der Waals surface area (Å²) in [7, 11) is 0. The quantitative estimate of drug-likeness (QED) is 0.537. The Labute approximate surface area is 174 Å². The number of hydrogen-bond acceptors (Lipinski definition) is 6. The summed E-state index contributed by atoms with van der Waals surface area (Å²) in [6.07, 6.45) is 2.11. The van der Waals surface area contributed by atoms with Gasteiger partial charge in [-0.3, -0.25) is 4.40 Å². The Kier molecular flexibility index (Phi) is 4.62. The van der Waals surface area contributed by atoms with Crippen LogP contribution in [-0.4, -0.2) is 48.5 Å². The van der Waals surface area contributed by atoms with Crippen molar-refractivity contribution in [2.75, 3.05) is 18.0 Å². The summed E-state index contributed by atoms with van der Waals surface area (Å²) in [6.45, 7) is 3.18. The van der Waals surface area contributed by atoms with Crippen molar-refractivity contribution < 1.29 is 17.9 Å². The average Bonchev–Trinajstić information content (AvgIpc) is 3.42. The molecule has 8 nitrogen and oxygen atoms in total. The highest BCUT2D eigenvalue weighted by molar-refractivity contribution is 5.62. The van der Waals surface area contributed by atoms with Crippen LogP contribution in [0.2, 0.25) is 0 Å². The number of ether oxygens (including phenoxy) is 1. The van der Waals surface area contributed by atoms with Gasteiger partial charge in [0.1, 0.15) is 11.9 Å². The van der Waals surface area contributed by atoms with Crippen LogP contribution < -0.4 is 4.90 Å². The third kappa shape index (κ3) is 3.72. The molecule has 0 aromatic carbocycles. The predicted octanol–water partition coefficient (Wildman–Crippen LogP) is 3.50. The number of nitrogens with zero attached hydrogens (tertiary/aromatic N) is 6. The second-order valence-corrected chi connectivity index (χ2v) is 7.37. The minimum atomic E-state index is -4.55. The number of rotatable bonds is 3. The lowest BCUT2D eigenvalue weighted by atomic mass is 10.1. The van der Waals surface area contributed by atoms with E-state index in [1.807, 2.05) is 19.1 Å². The van der Waals surface area contributed by atoms with Crippen molar-refractivity contribution in [3.63, 3.8) is 0 Å². The first-order chi connectivity index (χ1) is 14.9. The standard InChI is InChI=1S/C20H18F3N7O/c1-12-8-29(9-16(31-12)14-5-24-11-27-14)18-4-2-3-13(28-18)15-6-26-19-7-25-17(10-30(15)19)20(21,22)23/h2-7,10-12,16H,8-9H2,1H3,(H,24,27). The molecule has 0 bridgehead atoms. The molecule has 4 aromatic heterocycles. The largest absolute Gasteiger partial charge is 0.434 e. The zero-order valence-electron chi connectivity index (χ0n) is 16.4. The van der Waals surface area contributed by atoms with Gasteiger partial charge in [-0.2, -0.15) is 13.2 Å². The number of fused-ring (bicyclic) bond motifs is 1. The van der Waals surface area contributed by atoms with Crippen LogP contribution >= 0.6 is 0 Å². The molecule has 0 amide bonds. The molecular weight excluding hydrogens is 411 g/mol. The lowest BCUT2D eigenvalue weighted by molar-refractivity contribution is -0.141. The maximum Gasteiger partial charge on any atom is 0.434 e. The van der Waals surface area contributed by atoms with Crippen LogP contribution in [0.5, 0.6) is 0 Å². The van der Waals surface area contributed by atoms with E-state index in [-0.39, 0.29) is 12.2 Å². The van der Waals surface area contributed by atoms with Crippen LogP contribution in [-0.2, 0) is 10.9 Å². The van der Waals surface area contributed by atoms with Gasteiger partial charge in [0.15, 0.2) is 11.3 Å². The second kappa shape index (κ2) is 7.34. The van der Waals surface area contributed by atoms with E-state index >= 15 is 0 Å². The van der Waals surface area contributed by atoms with Crippen molar-refractivity contribution in [3.05, 3.63) is 60.7 Å². The number of morpholine rings is 1. The van der Waals surface area contributed by atoms with Gasteiger partial charge in [-0.15, -0.1) is 0 Å². The molecule has 11 heteroatoms. The number of imidazole rings is 2. The van der Waals surface area contributed by atoms with Crippen LogP contribution in [0.1, 0.15) is 24.4 Å². The van der Waals surface area contributed by atoms with E-state index in [1.54, 1.807) is 18.6 Å². The van der Waals surface area contributed by atoms with E-state index in [0.717, 1.165) is 18.1 Å². The summed E-state index contributed by atoms with van der Waals surface area (Å²) in [5.74, 6) is 0.706. The Hall–Kier alpha value is -3.47. The van der Waals surface area contributed by atoms with Gasteiger partial charge >= 0.3 is 6.18 Å². The van der Waals surface area contributed by atoms with E-state index in [9.17, 15) is 13.2 Å². The van der Waals surface area contributed by atoms with Crippen molar-refractivity contribution in [2.45, 2.75) is 25.3 Å². The fourth-order valence-corrected chi connectivity index (χ4v) is 3.72. The molecule has 0 aliphatic carbocycles. The fourth-order valence-electron chi connectivity index (χ4n) is 3.72. The lowest BCUT2D eigenvalue weighted by Gasteiger charge is -2.37. The summed E-state index contributed by atoms with van der Waals surface area (Å²) in [4.78, 5) is 21.6. The predicted molar refractivity (Wildman–Crippen MR) is 105 cm³/mol. The molecule has 0 saturated carbocycles. The van der Waals surface area contributed by atoms with Gasteiger partial charge in [0.25, 0.3) is 0 Å². The molecule has 1 saturated heterocycles. The number of alkyl halides is 3. The summed E-state index contributed by atoms with van der Waals surface area (Å²) < 4.78 is 46.7. The molecule has 5 rings (SSSR count). The number of anilines is 1. The number of nitrogens with one attached hydrogen (secondary N) is 1. The SMILES string of the molecule is CC1CN(c2cccc(-c3cnc4cnc(C(F)(F)F)cn34)n2)CC(c2cnc[nH]2)O1. The maximum atomic E-state index is 13.1. The van der Waals surface area contributed by atoms with Crippen molar-refractivity contribution in [1.82, 2.24) is 29.3 Å². The molecule has 0 spiro atoms. The Morgan fingerprint density at radius 1 is 1.13 bits per heavy atom. The first kappa shape index (κ1) is 19.5. The minimum absolute atomic E-state index is 0.0382. The van der Waals surface area contributed by atoms with Crippen LogP contribution in [0.4, 0.5) is 19.0 Å². The molecule has 5 heterocycles. The van der Waals surface area contributed by atoms with E-state index in [0.29, 0.717) is 35.9 Å². The third-order valence-corrected chi connectivity index (χ3v) is 5.13. The summed E-state index contributed by atoms with van der Waals surface area (Å²) >= 11 is 0. The molecule has 160 valence electrons. The van der Waals surface area contributed by atoms with Gasteiger partial charge in [-0.25, -0.2) is 19.9 Å². The van der Waals surface area contributed by atoms with Crippen LogP contribution in [0, 0.1) is 0 Å². The van der Waals surface area contributed by atoms with Gasteiger partial charge in [0.05, 0.1) is 54.6 Å². The Morgan fingerprint density at radius 3 is 2.77 bits per heavy atom. The number of H-pyrrole nitrogens is 1. The zero-order chi connectivity index (χ0) is 21.6. The normalized spacial score (nSPS) is 19.8. The molecule has 4 aromatic rings. The molecule has 2 atom stereocenters. The highest BCUT2D eigenvalue weighted by atomic mass is 19.4. The summed E-state index contributed by atoms with van der Waals surface area (Å²) in [5, 5.41) is 0. The molecule has 0 radical (unpaired) electrons. The topological polar surface area (TPSA) is 84.2 Å². The monoisotopic (exact) mass is 429 g/mol. The fraction of sp³-hybridized carbons (Fsp3) is 0.300. The molecule has 1 N–H and O–H groups in total. The highest BCUT2D eigenvalue weighted by Gasteiger charge is 2.33. The Balaban J connectivity index is 1.49. The Morgan fingerprint density at radius 2 is 2.00 bits per heavy atom. The van der Waals surface area contributed by atoms with Crippen molar-refractivity contribution in [1.29, 1.82) is 0 Å². The smallest absolute Gasteiger partial charge is 0.365 e. The van der Waals surface area contributed by atoms with Crippen LogP contribution in [0.25, 0.3) is 17.0 Å². The minimum Gasteiger partial charge on any atom is -0.365 e. The molecule has 1 aliphatic rings. The van der Waals surface area contributed by atoms with Gasteiger partial charge in [-0.1, -0.05) is 6.07 Å². The van der Waals surface area contributed by atoms with Gasteiger partial charge in [0.2, 0.25) is 0 Å². The molecule has 1 aliphatic heterocycles. The van der Waals surface area contributed by atoms with Crippen LogP contribution in [0.15, 0.2) is 49.3 Å². The summed E-state index contributed by atoms with van der Waals surface area (Å²) in [5.41, 5.74) is 1.17. The first-order valence-electron chi connectivity index (χ1n) is 9.65. The third-order valence-electron chi connectivity index (χ3n) is 5.13. The average molecular weight is 429 g/mol. The number of aromatic amines is 1. The van der Waals surface area contributed by atoms with E-state index < -0.39 is 11.9 Å². The number of pyridine rings is 1. The molecule has 2 unspecified atom stereocenters. The highest BCUT2D eigenvalue weighted by Crippen LogP contribution is 2.30. The van der Waals surface area contributed by atoms with Gasteiger partial charge in [-0.05, 0) is 19.1 Å². The maximum absolute atomic E-state index is 13.1. The lowest BCUT2D eigenvalue weighted by Crippen LogP contribution is -2.43. The van der Waals surface area contributed by atoms with Crippen molar-refractivity contribution in [2.24, 2.45) is 0 Å². The number of halogens is 3. The number of hydrogen-bond donors (Lipinski definition) is 1.